The molecule has 0 aliphatic heterocycles. The summed E-state index contributed by atoms with van der Waals surface area (Å²) in [7, 11) is 0. The predicted molar refractivity (Wildman–Crippen MR) is 94.4 cm³/mol. The first-order chi connectivity index (χ1) is 10.7. The van der Waals surface area contributed by atoms with Crippen LogP contribution in [-0.2, 0) is 4.74 Å². The third kappa shape index (κ3) is 2.94. The maximum atomic E-state index is 11.9. The first-order valence-corrected chi connectivity index (χ1v) is 9.10. The van der Waals surface area contributed by atoms with E-state index in [2.05, 4.69) is 17.2 Å². The Kier molecular flexibility index (Phi) is 4.59. The Hall–Kier alpha value is -1.66. The van der Waals surface area contributed by atoms with Crippen LogP contribution in [0.2, 0.25) is 0 Å². The molecule has 0 atom stereocenters. The van der Waals surface area contributed by atoms with Crippen molar-refractivity contribution in [2.45, 2.75) is 26.7 Å². The lowest BCUT2D eigenvalue weighted by Crippen LogP contribution is -2.01. The molecule has 0 saturated heterocycles. The number of ether oxygens (including phenoxy) is 1. The van der Waals surface area contributed by atoms with Crippen LogP contribution in [0.1, 0.15) is 36.4 Å². The number of hydrogen-bond donors (Lipinski definition) is 1. The van der Waals surface area contributed by atoms with Crippen molar-refractivity contribution >= 4 is 54.1 Å². The fourth-order valence-corrected chi connectivity index (χ4v) is 4.29. The van der Waals surface area contributed by atoms with Crippen LogP contribution in [0, 0.1) is 0 Å². The van der Waals surface area contributed by atoms with Crippen molar-refractivity contribution < 1.29 is 9.53 Å². The maximum Gasteiger partial charge on any atom is 0.348 e. The van der Waals surface area contributed by atoms with Gasteiger partial charge in [-0.3, -0.25) is 0 Å². The third-order valence-electron chi connectivity index (χ3n) is 3.33. The summed E-state index contributed by atoms with van der Waals surface area (Å²) in [4.78, 5) is 17.2. The van der Waals surface area contributed by atoms with E-state index in [1.165, 1.54) is 11.3 Å². The number of rotatable bonds is 6. The molecule has 4 nitrogen and oxygen atoms in total. The number of benzene rings is 1. The summed E-state index contributed by atoms with van der Waals surface area (Å²) >= 11 is 3.12. The second-order valence-electron chi connectivity index (χ2n) is 4.96. The van der Waals surface area contributed by atoms with E-state index in [0.717, 1.165) is 44.8 Å². The minimum Gasteiger partial charge on any atom is -0.462 e. The van der Waals surface area contributed by atoms with Crippen molar-refractivity contribution in [2.24, 2.45) is 0 Å². The van der Waals surface area contributed by atoms with Crippen molar-refractivity contribution in [3.8, 4) is 0 Å². The number of nitrogens with one attached hydrogen (secondary N) is 1. The second-order valence-corrected chi connectivity index (χ2v) is 7.04. The van der Waals surface area contributed by atoms with Gasteiger partial charge in [-0.1, -0.05) is 24.7 Å². The maximum absolute atomic E-state index is 11.9. The monoisotopic (exact) mass is 334 g/mol. The van der Waals surface area contributed by atoms with Gasteiger partial charge in [0.15, 0.2) is 5.13 Å². The van der Waals surface area contributed by atoms with Gasteiger partial charge in [0.2, 0.25) is 0 Å². The van der Waals surface area contributed by atoms with E-state index in [4.69, 9.17) is 4.74 Å². The first kappa shape index (κ1) is 15.2. The lowest BCUT2D eigenvalue weighted by atomic mass is 10.2. The molecule has 0 fully saturated rings. The molecule has 0 aliphatic carbocycles. The molecule has 0 saturated carbocycles. The number of esters is 1. The second kappa shape index (κ2) is 6.62. The fraction of sp³-hybridized carbons (Fsp3) is 0.375. The Morgan fingerprint density at radius 1 is 1.32 bits per heavy atom. The van der Waals surface area contributed by atoms with Gasteiger partial charge < -0.3 is 10.1 Å². The quantitative estimate of drug-likeness (QED) is 0.514. The summed E-state index contributed by atoms with van der Waals surface area (Å²) in [6, 6.07) is 5.97. The zero-order valence-electron chi connectivity index (χ0n) is 12.6. The number of thiophene rings is 1. The van der Waals surface area contributed by atoms with Crippen LogP contribution in [0.15, 0.2) is 18.2 Å². The summed E-state index contributed by atoms with van der Waals surface area (Å²) < 4.78 is 7.31. The predicted octanol–water partition coefficient (Wildman–Crippen LogP) is 4.90. The molecule has 1 aromatic carbocycles. The average Bonchev–Trinajstić information content (AvgIpc) is 3.10. The van der Waals surface area contributed by atoms with Gasteiger partial charge in [-0.25, -0.2) is 9.78 Å². The van der Waals surface area contributed by atoms with Crippen molar-refractivity contribution in [1.82, 2.24) is 4.98 Å². The molecule has 1 N–H and O–H groups in total. The molecule has 0 amide bonds. The van der Waals surface area contributed by atoms with E-state index in [0.29, 0.717) is 11.5 Å². The first-order valence-electron chi connectivity index (χ1n) is 7.47. The SMILES string of the molecule is CCCCNc1nc2ccc3sc(C(=O)OCC)cc3c2s1. The van der Waals surface area contributed by atoms with Gasteiger partial charge in [-0.15, -0.1) is 11.3 Å². The zero-order valence-corrected chi connectivity index (χ0v) is 14.3. The standard InChI is InChI=1S/C16H18N2O2S2/c1-3-5-8-17-16-18-11-6-7-12-10(14(11)22-16)9-13(21-12)15(19)20-4-2/h6-7,9H,3-5,8H2,1-2H3,(H,17,18). The molecule has 0 radical (unpaired) electrons. The summed E-state index contributed by atoms with van der Waals surface area (Å²) in [6.45, 7) is 5.33. The zero-order chi connectivity index (χ0) is 15.5. The van der Waals surface area contributed by atoms with Crippen LogP contribution < -0.4 is 5.32 Å². The minimum absolute atomic E-state index is 0.248. The molecule has 2 aromatic heterocycles. The van der Waals surface area contributed by atoms with E-state index in [1.54, 1.807) is 11.3 Å². The highest BCUT2D eigenvalue weighted by Crippen LogP contribution is 2.37. The van der Waals surface area contributed by atoms with Gasteiger partial charge in [0.05, 0.1) is 16.8 Å². The molecule has 0 bridgehead atoms. The summed E-state index contributed by atoms with van der Waals surface area (Å²) in [6.07, 6.45) is 2.30. The van der Waals surface area contributed by atoms with Gasteiger partial charge in [0, 0.05) is 16.6 Å². The van der Waals surface area contributed by atoms with Gasteiger partial charge >= 0.3 is 5.97 Å². The molecule has 3 aromatic rings. The van der Waals surface area contributed by atoms with Crippen molar-refractivity contribution in [3.05, 3.63) is 23.1 Å². The van der Waals surface area contributed by atoms with Gasteiger partial charge in [0.1, 0.15) is 4.88 Å². The molecule has 6 heteroatoms. The van der Waals surface area contributed by atoms with Crippen LogP contribution in [0.3, 0.4) is 0 Å². The number of anilines is 1. The van der Waals surface area contributed by atoms with E-state index in [9.17, 15) is 4.79 Å². The third-order valence-corrected chi connectivity index (χ3v) is 5.48. The molecule has 22 heavy (non-hydrogen) atoms. The molecular weight excluding hydrogens is 316 g/mol. The Bertz CT molecular complexity index is 807. The normalized spacial score (nSPS) is 11.2. The molecule has 2 heterocycles. The molecule has 0 aliphatic rings. The van der Waals surface area contributed by atoms with E-state index < -0.39 is 0 Å². The van der Waals surface area contributed by atoms with E-state index in [1.807, 2.05) is 25.1 Å². The number of nitrogens with zero attached hydrogens (tertiary/aromatic N) is 1. The molecule has 0 spiro atoms. The van der Waals surface area contributed by atoms with Crippen LogP contribution in [0.5, 0.6) is 0 Å². The number of fused-ring (bicyclic) bond motifs is 3. The number of aromatic nitrogens is 1. The average molecular weight is 334 g/mol. The number of unbranched alkanes of at least 4 members (excludes halogenated alkanes) is 1. The summed E-state index contributed by atoms with van der Waals surface area (Å²) in [5.41, 5.74) is 0.977. The molecule has 0 unspecified atom stereocenters. The largest absolute Gasteiger partial charge is 0.462 e. The topological polar surface area (TPSA) is 51.2 Å². The Morgan fingerprint density at radius 3 is 2.95 bits per heavy atom. The minimum atomic E-state index is -0.248. The molecule has 116 valence electrons. The van der Waals surface area contributed by atoms with Crippen LogP contribution in [0.4, 0.5) is 5.13 Å². The smallest absolute Gasteiger partial charge is 0.348 e. The van der Waals surface area contributed by atoms with Crippen LogP contribution >= 0.6 is 22.7 Å². The Labute approximate surface area is 137 Å². The highest BCUT2D eigenvalue weighted by molar-refractivity contribution is 7.25. The van der Waals surface area contributed by atoms with Gasteiger partial charge in [0.25, 0.3) is 0 Å². The number of carbonyl (C=O) groups is 1. The summed E-state index contributed by atoms with van der Waals surface area (Å²) in [5.74, 6) is -0.248. The van der Waals surface area contributed by atoms with Crippen molar-refractivity contribution in [3.63, 3.8) is 0 Å². The van der Waals surface area contributed by atoms with Crippen molar-refractivity contribution in [1.29, 1.82) is 0 Å². The molecule has 3 rings (SSSR count). The van der Waals surface area contributed by atoms with E-state index in [-0.39, 0.29) is 5.97 Å². The Balaban J connectivity index is 1.97. The lowest BCUT2D eigenvalue weighted by molar-refractivity contribution is 0.0532. The molecular formula is C16H18N2O2S2. The number of carbonyl (C=O) groups excluding carboxylic acids is 1. The number of thiazole rings is 1. The van der Waals surface area contributed by atoms with Crippen LogP contribution in [-0.4, -0.2) is 24.1 Å². The van der Waals surface area contributed by atoms with Gasteiger partial charge in [-0.05, 0) is 31.5 Å². The van der Waals surface area contributed by atoms with E-state index >= 15 is 0 Å². The van der Waals surface area contributed by atoms with Gasteiger partial charge in [-0.2, -0.15) is 0 Å². The summed E-state index contributed by atoms with van der Waals surface area (Å²) in [5, 5.41) is 5.40. The van der Waals surface area contributed by atoms with Crippen molar-refractivity contribution in [2.75, 3.05) is 18.5 Å². The highest BCUT2D eigenvalue weighted by Gasteiger charge is 2.15. The van der Waals surface area contributed by atoms with Crippen LogP contribution in [0.25, 0.3) is 20.3 Å². The highest BCUT2D eigenvalue weighted by atomic mass is 32.1. The fourth-order valence-electron chi connectivity index (χ4n) is 2.25. The lowest BCUT2D eigenvalue weighted by Gasteiger charge is -1.98. The number of hydrogen-bond acceptors (Lipinski definition) is 6. The Morgan fingerprint density at radius 2 is 2.18 bits per heavy atom.